The third-order valence-corrected chi connectivity index (χ3v) is 4.63. The molecule has 3 aliphatic heterocycles. The highest BCUT2D eigenvalue weighted by Gasteiger charge is 2.60. The third kappa shape index (κ3) is 1.06. The minimum absolute atomic E-state index is 0.0951. The second-order valence-corrected chi connectivity index (χ2v) is 5.38. The molecule has 4 bridgehead atoms. The van der Waals surface area contributed by atoms with Crippen LogP contribution >= 0.6 is 0 Å². The summed E-state index contributed by atoms with van der Waals surface area (Å²) < 4.78 is 6.08. The number of nitriles is 1. The van der Waals surface area contributed by atoms with Crippen LogP contribution in [0.2, 0.25) is 0 Å². The van der Waals surface area contributed by atoms with Gasteiger partial charge in [0.25, 0.3) is 0 Å². The lowest BCUT2D eigenvalue weighted by atomic mass is 9.62. The van der Waals surface area contributed by atoms with Crippen molar-refractivity contribution in [1.82, 2.24) is 0 Å². The van der Waals surface area contributed by atoms with Gasteiger partial charge >= 0.3 is 0 Å². The van der Waals surface area contributed by atoms with Gasteiger partial charge in [-0.2, -0.15) is 5.26 Å². The van der Waals surface area contributed by atoms with E-state index < -0.39 is 11.0 Å². The van der Waals surface area contributed by atoms with Crippen LogP contribution in [0.4, 0.5) is 0 Å². The van der Waals surface area contributed by atoms with Gasteiger partial charge in [-0.3, -0.25) is 0 Å². The van der Waals surface area contributed by atoms with Crippen LogP contribution in [0.15, 0.2) is 48.6 Å². The van der Waals surface area contributed by atoms with E-state index in [1.807, 2.05) is 36.4 Å². The molecule has 0 fully saturated rings. The lowest BCUT2D eigenvalue weighted by Crippen LogP contribution is -2.51. The van der Waals surface area contributed by atoms with E-state index in [0.29, 0.717) is 0 Å². The number of rotatable bonds is 1. The molecule has 4 aliphatic rings. The van der Waals surface area contributed by atoms with Crippen molar-refractivity contribution in [3.63, 3.8) is 0 Å². The molecule has 0 spiro atoms. The Bertz CT molecular complexity index is 657. The SMILES string of the molecule is N#C[C@]12C=C[C@H](c3ccccc31)[C@@H]1C=C[C@@]2(CO)O1. The van der Waals surface area contributed by atoms with Crippen molar-refractivity contribution in [3.8, 4) is 6.07 Å². The van der Waals surface area contributed by atoms with Crippen LogP contribution in [0.25, 0.3) is 0 Å². The molecule has 3 heteroatoms. The molecule has 0 amide bonds. The molecule has 5 rings (SSSR count). The molecule has 4 atom stereocenters. The normalized spacial score (nSPS) is 40.8. The summed E-state index contributed by atoms with van der Waals surface area (Å²) in [5.74, 6) is 0.129. The zero-order chi connectivity index (χ0) is 13.1. The molecular formula is C16H13NO2. The Morgan fingerprint density at radius 3 is 2.89 bits per heavy atom. The highest BCUT2D eigenvalue weighted by atomic mass is 16.5. The lowest BCUT2D eigenvalue weighted by molar-refractivity contribution is -0.0740. The van der Waals surface area contributed by atoms with Crippen molar-refractivity contribution in [2.24, 2.45) is 0 Å². The van der Waals surface area contributed by atoms with Gasteiger partial charge in [0.15, 0.2) is 0 Å². The molecule has 0 unspecified atom stereocenters. The molecule has 19 heavy (non-hydrogen) atoms. The average molecular weight is 251 g/mol. The molecule has 0 radical (unpaired) electrons. The van der Waals surface area contributed by atoms with E-state index in [0.717, 1.165) is 11.1 Å². The van der Waals surface area contributed by atoms with E-state index in [4.69, 9.17) is 4.74 Å². The van der Waals surface area contributed by atoms with Crippen molar-refractivity contribution in [2.45, 2.75) is 23.0 Å². The van der Waals surface area contributed by atoms with Crippen molar-refractivity contribution < 1.29 is 9.84 Å². The Morgan fingerprint density at radius 2 is 2.11 bits per heavy atom. The monoisotopic (exact) mass is 251 g/mol. The van der Waals surface area contributed by atoms with Gasteiger partial charge in [0.2, 0.25) is 0 Å². The third-order valence-electron chi connectivity index (χ3n) is 4.63. The summed E-state index contributed by atoms with van der Waals surface area (Å²) in [7, 11) is 0. The van der Waals surface area contributed by atoms with E-state index >= 15 is 0 Å². The van der Waals surface area contributed by atoms with Crippen LogP contribution in [-0.4, -0.2) is 23.4 Å². The molecule has 0 aromatic heterocycles. The summed E-state index contributed by atoms with van der Waals surface area (Å²) >= 11 is 0. The van der Waals surface area contributed by atoms with Gasteiger partial charge in [0.1, 0.15) is 11.0 Å². The summed E-state index contributed by atoms with van der Waals surface area (Å²) in [6.45, 7) is -0.195. The fraction of sp³-hybridized carbons (Fsp3) is 0.312. The van der Waals surface area contributed by atoms with Gasteiger partial charge in [-0.1, -0.05) is 42.5 Å². The summed E-state index contributed by atoms with van der Waals surface area (Å²) in [4.78, 5) is 0. The van der Waals surface area contributed by atoms with Gasteiger partial charge in [0.05, 0.1) is 18.8 Å². The lowest BCUT2D eigenvalue weighted by Gasteiger charge is -2.40. The first-order valence-corrected chi connectivity index (χ1v) is 6.44. The Kier molecular flexibility index (Phi) is 1.94. The first-order valence-electron chi connectivity index (χ1n) is 6.44. The van der Waals surface area contributed by atoms with Crippen molar-refractivity contribution in [3.05, 3.63) is 59.7 Å². The fourth-order valence-corrected chi connectivity index (χ4v) is 3.64. The largest absolute Gasteiger partial charge is 0.393 e. The van der Waals surface area contributed by atoms with Crippen molar-refractivity contribution in [1.29, 1.82) is 5.26 Å². The number of aliphatic hydroxyl groups excluding tert-OH is 1. The second kappa shape index (κ2) is 3.36. The van der Waals surface area contributed by atoms with Gasteiger partial charge in [0, 0.05) is 5.92 Å². The fourth-order valence-electron chi connectivity index (χ4n) is 3.64. The smallest absolute Gasteiger partial charge is 0.136 e. The van der Waals surface area contributed by atoms with Crippen molar-refractivity contribution >= 4 is 0 Å². The van der Waals surface area contributed by atoms with Gasteiger partial charge in [-0.05, 0) is 17.2 Å². The van der Waals surface area contributed by atoms with Gasteiger partial charge in [-0.15, -0.1) is 0 Å². The highest BCUT2D eigenvalue weighted by Crippen LogP contribution is 2.54. The standard InChI is InChI=1S/C16H13NO2/c17-9-15-7-5-12(11-3-1-2-4-13(11)15)14-6-8-16(15,10-18)19-14/h1-8,12,14,18H,10H2/t12-,14+,15-,16+/m1/s1. The Hall–Kier alpha value is -1.89. The number of aliphatic hydroxyl groups is 1. The van der Waals surface area contributed by atoms with Crippen LogP contribution in [0, 0.1) is 11.3 Å². The minimum atomic E-state index is -0.954. The van der Waals surface area contributed by atoms with E-state index in [1.54, 1.807) is 0 Å². The summed E-state index contributed by atoms with van der Waals surface area (Å²) in [5.41, 5.74) is 0.211. The number of benzene rings is 1. The van der Waals surface area contributed by atoms with E-state index in [1.165, 1.54) is 0 Å². The summed E-state index contributed by atoms with van der Waals surface area (Å²) in [6, 6.07) is 10.4. The molecule has 94 valence electrons. The maximum Gasteiger partial charge on any atom is 0.136 e. The first-order chi connectivity index (χ1) is 9.26. The maximum absolute atomic E-state index is 9.87. The molecule has 1 N–H and O–H groups in total. The second-order valence-electron chi connectivity index (χ2n) is 5.38. The van der Waals surface area contributed by atoms with Crippen LogP contribution < -0.4 is 0 Å². The molecule has 0 saturated heterocycles. The molecule has 1 aromatic carbocycles. The van der Waals surface area contributed by atoms with Crippen LogP contribution in [0.5, 0.6) is 0 Å². The predicted molar refractivity (Wildman–Crippen MR) is 69.4 cm³/mol. The molecule has 0 saturated carbocycles. The first kappa shape index (κ1) is 11.0. The summed E-state index contributed by atoms with van der Waals surface area (Å²) in [5, 5.41) is 19.7. The molecular weight excluding hydrogens is 238 g/mol. The van der Waals surface area contributed by atoms with Crippen LogP contribution in [-0.2, 0) is 10.2 Å². The van der Waals surface area contributed by atoms with E-state index in [-0.39, 0.29) is 18.6 Å². The van der Waals surface area contributed by atoms with E-state index in [9.17, 15) is 10.4 Å². The number of hydrogen-bond acceptors (Lipinski definition) is 3. The Morgan fingerprint density at radius 1 is 1.26 bits per heavy atom. The summed E-state index contributed by atoms with van der Waals surface area (Å²) in [6.07, 6.45) is 7.72. The molecule has 3 heterocycles. The number of ether oxygens (including phenoxy) is 1. The van der Waals surface area contributed by atoms with Crippen LogP contribution in [0.3, 0.4) is 0 Å². The zero-order valence-corrected chi connectivity index (χ0v) is 10.3. The maximum atomic E-state index is 9.87. The predicted octanol–water partition coefficient (Wildman–Crippen LogP) is 1.80. The molecule has 1 aliphatic carbocycles. The average Bonchev–Trinajstić information content (AvgIpc) is 2.81. The van der Waals surface area contributed by atoms with Crippen molar-refractivity contribution in [2.75, 3.05) is 6.61 Å². The minimum Gasteiger partial charge on any atom is -0.393 e. The van der Waals surface area contributed by atoms with Crippen LogP contribution in [0.1, 0.15) is 17.0 Å². The number of nitrogens with zero attached hydrogens (tertiary/aromatic N) is 1. The van der Waals surface area contributed by atoms with E-state index in [2.05, 4.69) is 18.2 Å². The molecule has 3 nitrogen and oxygen atoms in total. The molecule has 1 aromatic rings. The van der Waals surface area contributed by atoms with Gasteiger partial charge in [-0.25, -0.2) is 0 Å². The van der Waals surface area contributed by atoms with Gasteiger partial charge < -0.3 is 9.84 Å². The Labute approximate surface area is 111 Å². The Balaban J connectivity index is 2.11. The number of hydrogen-bond donors (Lipinski definition) is 1. The topological polar surface area (TPSA) is 53.2 Å². The quantitative estimate of drug-likeness (QED) is 0.774. The zero-order valence-electron chi connectivity index (χ0n) is 10.3. The highest BCUT2D eigenvalue weighted by molar-refractivity contribution is 5.58.